The van der Waals surface area contributed by atoms with Gasteiger partial charge >= 0.3 is 0 Å². The van der Waals surface area contributed by atoms with Crippen molar-refractivity contribution < 1.29 is 15.3 Å². The highest BCUT2D eigenvalue weighted by Gasteiger charge is 2.21. The van der Waals surface area contributed by atoms with E-state index in [0.29, 0.717) is 25.2 Å². The van der Waals surface area contributed by atoms with Gasteiger partial charge in [-0.25, -0.2) is 0 Å². The van der Waals surface area contributed by atoms with Gasteiger partial charge in [-0.05, 0) is 75.8 Å². The second-order valence-corrected chi connectivity index (χ2v) is 9.00. The highest BCUT2D eigenvalue weighted by molar-refractivity contribution is 5.31. The molecule has 28 heavy (non-hydrogen) atoms. The molecule has 0 aliphatic heterocycles. The minimum absolute atomic E-state index is 0.397. The van der Waals surface area contributed by atoms with Crippen molar-refractivity contribution in [2.75, 3.05) is 0 Å². The van der Waals surface area contributed by atoms with Gasteiger partial charge in [0.2, 0.25) is 0 Å². The second-order valence-electron chi connectivity index (χ2n) is 9.00. The number of benzene rings is 1. The summed E-state index contributed by atoms with van der Waals surface area (Å²) >= 11 is 0. The first kappa shape index (κ1) is 22.9. The Morgan fingerprint density at radius 3 is 2.46 bits per heavy atom. The monoisotopic (exact) mass is 386 g/mol. The maximum absolute atomic E-state index is 10.3. The summed E-state index contributed by atoms with van der Waals surface area (Å²) < 4.78 is 0. The van der Waals surface area contributed by atoms with Crippen LogP contribution in [0.4, 0.5) is 0 Å². The van der Waals surface area contributed by atoms with Crippen LogP contribution in [-0.2, 0) is 12.0 Å². The van der Waals surface area contributed by atoms with Crippen molar-refractivity contribution in [2.24, 2.45) is 5.92 Å². The molecule has 3 atom stereocenters. The summed E-state index contributed by atoms with van der Waals surface area (Å²) in [6.07, 6.45) is 13.0. The van der Waals surface area contributed by atoms with Gasteiger partial charge in [-0.1, -0.05) is 61.4 Å². The molecule has 0 radical (unpaired) electrons. The average molecular weight is 387 g/mol. The Morgan fingerprint density at radius 2 is 1.79 bits per heavy atom. The van der Waals surface area contributed by atoms with Crippen LogP contribution >= 0.6 is 0 Å². The van der Waals surface area contributed by atoms with Gasteiger partial charge in [0.15, 0.2) is 0 Å². The first-order valence-electron chi connectivity index (χ1n) is 10.8. The van der Waals surface area contributed by atoms with Gasteiger partial charge in [0.1, 0.15) is 0 Å². The number of aliphatic hydroxyl groups excluding tert-OH is 2. The lowest BCUT2D eigenvalue weighted by Gasteiger charge is -2.24. The van der Waals surface area contributed by atoms with E-state index in [4.69, 9.17) is 0 Å². The minimum Gasteiger partial charge on any atom is -0.393 e. The summed E-state index contributed by atoms with van der Waals surface area (Å²) in [6.45, 7) is 6.01. The van der Waals surface area contributed by atoms with Crippen molar-refractivity contribution in [1.82, 2.24) is 0 Å². The summed E-state index contributed by atoms with van der Waals surface area (Å²) in [4.78, 5) is 0. The molecule has 1 saturated carbocycles. The maximum Gasteiger partial charge on any atom is 0.0843 e. The van der Waals surface area contributed by atoms with E-state index in [1.807, 2.05) is 26.0 Å². The molecule has 1 aliphatic carbocycles. The molecule has 0 heterocycles. The third kappa shape index (κ3) is 7.90. The van der Waals surface area contributed by atoms with E-state index < -0.39 is 17.8 Å². The molecular formula is C25H38O3. The van der Waals surface area contributed by atoms with Crippen LogP contribution in [0, 0.1) is 5.92 Å². The van der Waals surface area contributed by atoms with Crippen LogP contribution in [0.1, 0.15) is 76.8 Å². The molecule has 0 spiro atoms. The summed E-state index contributed by atoms with van der Waals surface area (Å²) in [6, 6.07) is 8.22. The van der Waals surface area contributed by atoms with E-state index in [1.54, 1.807) is 0 Å². The Morgan fingerprint density at radius 1 is 1.11 bits per heavy atom. The fourth-order valence-corrected chi connectivity index (χ4v) is 4.07. The minimum atomic E-state index is -0.788. The molecule has 0 aromatic heterocycles. The molecule has 0 amide bonds. The van der Waals surface area contributed by atoms with Crippen LogP contribution in [0.25, 0.3) is 0 Å². The Labute approximate surface area is 170 Å². The second kappa shape index (κ2) is 10.9. The molecule has 3 nitrogen and oxygen atoms in total. The summed E-state index contributed by atoms with van der Waals surface area (Å²) in [5.74, 6) is 0.658. The zero-order valence-electron chi connectivity index (χ0n) is 17.8. The molecule has 2 rings (SSSR count). The molecule has 156 valence electrons. The lowest BCUT2D eigenvalue weighted by molar-refractivity contribution is 0.0609. The Kier molecular flexibility index (Phi) is 8.94. The van der Waals surface area contributed by atoms with E-state index in [9.17, 15) is 15.3 Å². The van der Waals surface area contributed by atoms with Gasteiger partial charge in [-0.2, -0.15) is 0 Å². The van der Waals surface area contributed by atoms with E-state index in [2.05, 4.69) is 37.3 Å². The predicted molar refractivity (Wildman–Crippen MR) is 116 cm³/mol. The fraction of sp³-hybridized carbons (Fsp3) is 0.600. The smallest absolute Gasteiger partial charge is 0.0843 e. The van der Waals surface area contributed by atoms with Crippen LogP contribution in [0.5, 0.6) is 0 Å². The lowest BCUT2D eigenvalue weighted by atomic mass is 9.88. The third-order valence-electron chi connectivity index (χ3n) is 5.66. The molecular weight excluding hydrogens is 348 g/mol. The van der Waals surface area contributed by atoms with E-state index in [0.717, 1.165) is 30.4 Å². The SMILES string of the molecule is C[C@H](CCC/C=C/C=C1C[C@@H](O)C[C@@H](O)C1)CCc1ccccc1C(C)(C)O. The van der Waals surface area contributed by atoms with E-state index in [1.165, 1.54) is 18.4 Å². The Bertz CT molecular complexity index is 642. The zero-order valence-corrected chi connectivity index (χ0v) is 17.8. The highest BCUT2D eigenvalue weighted by Crippen LogP contribution is 2.26. The molecule has 0 unspecified atom stereocenters. The quantitative estimate of drug-likeness (QED) is 0.521. The van der Waals surface area contributed by atoms with E-state index >= 15 is 0 Å². The first-order chi connectivity index (χ1) is 13.3. The number of rotatable bonds is 9. The van der Waals surface area contributed by atoms with Crippen molar-refractivity contribution in [1.29, 1.82) is 0 Å². The van der Waals surface area contributed by atoms with E-state index in [-0.39, 0.29) is 0 Å². The molecule has 1 aromatic rings. The largest absolute Gasteiger partial charge is 0.393 e. The lowest BCUT2D eigenvalue weighted by Crippen LogP contribution is -2.24. The molecule has 1 fully saturated rings. The van der Waals surface area contributed by atoms with Gasteiger partial charge in [-0.3, -0.25) is 0 Å². The predicted octanol–water partition coefficient (Wildman–Crippen LogP) is 5.04. The fourth-order valence-electron chi connectivity index (χ4n) is 4.07. The normalized spacial score (nSPS) is 23.4. The van der Waals surface area contributed by atoms with Crippen molar-refractivity contribution in [3.05, 3.63) is 59.2 Å². The number of aliphatic hydroxyl groups is 3. The third-order valence-corrected chi connectivity index (χ3v) is 5.66. The summed E-state index contributed by atoms with van der Waals surface area (Å²) in [5.41, 5.74) is 2.64. The molecule has 3 heteroatoms. The Balaban J connectivity index is 1.69. The highest BCUT2D eigenvalue weighted by atomic mass is 16.3. The van der Waals surface area contributed by atoms with Gasteiger partial charge in [0, 0.05) is 0 Å². The number of allylic oxidation sites excluding steroid dienone is 3. The zero-order chi connectivity index (χ0) is 20.6. The standard InChI is InChI=1S/C25H38O3/c1-19(14-15-21-12-8-9-13-24(21)25(2,3)28)10-6-4-5-7-11-20-16-22(26)18-23(27)17-20/h5,7-9,11-13,19,22-23,26-28H,4,6,10,14-18H2,1-3H3/b7-5+,20-11?/t19-,22-,23+/m1/s1. The van der Waals surface area contributed by atoms with Crippen LogP contribution < -0.4 is 0 Å². The maximum atomic E-state index is 10.3. The van der Waals surface area contributed by atoms with Gasteiger partial charge in [0.25, 0.3) is 0 Å². The van der Waals surface area contributed by atoms with Crippen LogP contribution in [0.15, 0.2) is 48.1 Å². The molecule has 0 saturated heterocycles. The first-order valence-corrected chi connectivity index (χ1v) is 10.8. The van der Waals surface area contributed by atoms with Crippen LogP contribution in [-0.4, -0.2) is 27.5 Å². The molecule has 3 N–H and O–H groups in total. The molecule has 1 aromatic carbocycles. The van der Waals surface area contributed by atoms with Crippen molar-refractivity contribution in [3.8, 4) is 0 Å². The van der Waals surface area contributed by atoms with Gasteiger partial charge < -0.3 is 15.3 Å². The van der Waals surface area contributed by atoms with Gasteiger partial charge in [0.05, 0.1) is 17.8 Å². The van der Waals surface area contributed by atoms with Crippen molar-refractivity contribution in [2.45, 2.75) is 89.9 Å². The summed E-state index contributed by atoms with van der Waals surface area (Å²) in [5, 5.41) is 29.8. The van der Waals surface area contributed by atoms with Crippen molar-refractivity contribution >= 4 is 0 Å². The average Bonchev–Trinajstić information content (AvgIpc) is 2.61. The van der Waals surface area contributed by atoms with Crippen molar-refractivity contribution in [3.63, 3.8) is 0 Å². The number of aryl methyl sites for hydroxylation is 1. The number of hydrogen-bond donors (Lipinski definition) is 3. The van der Waals surface area contributed by atoms with Crippen LogP contribution in [0.3, 0.4) is 0 Å². The van der Waals surface area contributed by atoms with Gasteiger partial charge in [-0.15, -0.1) is 0 Å². The topological polar surface area (TPSA) is 60.7 Å². The number of hydrogen-bond acceptors (Lipinski definition) is 3. The number of unbranched alkanes of at least 4 members (excludes halogenated alkanes) is 1. The Hall–Kier alpha value is -1.42. The van der Waals surface area contributed by atoms with Crippen LogP contribution in [0.2, 0.25) is 0 Å². The summed E-state index contributed by atoms with van der Waals surface area (Å²) in [7, 11) is 0. The molecule has 0 bridgehead atoms. The molecule has 1 aliphatic rings.